The van der Waals surface area contributed by atoms with E-state index in [0.717, 1.165) is 32.7 Å². The molecule has 2 N–H and O–H groups in total. The van der Waals surface area contributed by atoms with E-state index in [0.29, 0.717) is 6.54 Å². The van der Waals surface area contributed by atoms with Crippen LogP contribution >= 0.6 is 0 Å². The molecule has 0 amide bonds. The Morgan fingerprint density at radius 3 is 2.56 bits per heavy atom. The molecule has 0 spiro atoms. The Kier molecular flexibility index (Phi) is 9.78. The predicted octanol–water partition coefficient (Wildman–Crippen LogP) is 1.83. The van der Waals surface area contributed by atoms with Gasteiger partial charge in [-0.05, 0) is 33.4 Å². The van der Waals surface area contributed by atoms with E-state index in [1.165, 1.54) is 11.3 Å². The highest BCUT2D eigenvalue weighted by molar-refractivity contribution is 5.54. The maximum absolute atomic E-state index is 10.6. The van der Waals surface area contributed by atoms with E-state index in [2.05, 4.69) is 47.5 Å². The third kappa shape index (κ3) is 6.45. The van der Waals surface area contributed by atoms with Crippen LogP contribution in [0, 0.1) is 0 Å². The molecular weight excluding hydrogens is 316 g/mol. The summed E-state index contributed by atoms with van der Waals surface area (Å²) in [5.41, 5.74) is 2.55. The first-order valence-electron chi connectivity index (χ1n) is 9.21. The van der Waals surface area contributed by atoms with Gasteiger partial charge in [-0.3, -0.25) is 9.89 Å². The minimum Gasteiger partial charge on any atom is -0.389 e. The van der Waals surface area contributed by atoms with Crippen molar-refractivity contribution in [3.8, 4) is 0 Å². The Morgan fingerprint density at radius 1 is 1.40 bits per heavy atom. The number of hydrogen-bond acceptors (Lipinski definition) is 5. The molecule has 0 bridgehead atoms. The zero-order valence-corrected chi connectivity index (χ0v) is 16.5. The van der Waals surface area contributed by atoms with E-state index >= 15 is 0 Å². The van der Waals surface area contributed by atoms with Crippen molar-refractivity contribution in [2.24, 2.45) is 4.99 Å². The topological polar surface area (TPSA) is 60.3 Å². The lowest BCUT2D eigenvalue weighted by Gasteiger charge is -2.39. The molecule has 1 saturated heterocycles. The molecule has 6 nitrogen and oxygen atoms in total. The lowest BCUT2D eigenvalue weighted by atomic mass is 10.0. The molecule has 1 heterocycles. The summed E-state index contributed by atoms with van der Waals surface area (Å²) in [5.74, 6) is 0. The number of ether oxygens (including phenoxy) is 1. The van der Waals surface area contributed by atoms with Crippen molar-refractivity contribution < 1.29 is 9.84 Å². The van der Waals surface area contributed by atoms with Crippen LogP contribution in [0.2, 0.25) is 0 Å². The molecule has 1 rings (SSSR count). The molecular formula is C19H36N4O2. The zero-order chi connectivity index (χ0) is 18.8. The van der Waals surface area contributed by atoms with Crippen LogP contribution in [0.1, 0.15) is 34.1 Å². The average molecular weight is 353 g/mol. The van der Waals surface area contributed by atoms with E-state index < -0.39 is 6.10 Å². The summed E-state index contributed by atoms with van der Waals surface area (Å²) in [6.07, 6.45) is 3.89. The molecule has 2 unspecified atom stereocenters. The van der Waals surface area contributed by atoms with E-state index in [9.17, 15) is 5.11 Å². The molecule has 0 aromatic rings. The molecule has 0 aromatic carbocycles. The maximum Gasteiger partial charge on any atom is 0.0917 e. The summed E-state index contributed by atoms with van der Waals surface area (Å²) in [4.78, 5) is 8.45. The Hall–Kier alpha value is -1.37. The highest BCUT2D eigenvalue weighted by Crippen LogP contribution is 2.23. The van der Waals surface area contributed by atoms with E-state index in [4.69, 9.17) is 4.74 Å². The number of allylic oxidation sites excluding steroid dienone is 1. The van der Waals surface area contributed by atoms with Crippen LogP contribution in [-0.4, -0.2) is 79.3 Å². The minimum atomic E-state index is -0.535. The molecule has 1 aliphatic heterocycles. The van der Waals surface area contributed by atoms with Crippen LogP contribution in [0.5, 0.6) is 0 Å². The summed E-state index contributed by atoms with van der Waals surface area (Å²) in [6, 6.07) is 0.169. The largest absolute Gasteiger partial charge is 0.389 e. The number of aliphatic imine (C=N–C) groups is 1. The molecule has 0 aliphatic carbocycles. The van der Waals surface area contributed by atoms with Crippen molar-refractivity contribution in [1.82, 2.24) is 15.1 Å². The molecule has 144 valence electrons. The van der Waals surface area contributed by atoms with Crippen molar-refractivity contribution in [2.75, 3.05) is 39.9 Å². The van der Waals surface area contributed by atoms with Gasteiger partial charge in [0.2, 0.25) is 0 Å². The van der Waals surface area contributed by atoms with Gasteiger partial charge < -0.3 is 20.1 Å². The standard InChI is InChI=1S/C19H36N4O2/c1-7-15(3)19(17(5)23-9-11-25-12-10-23)22(8-2)13-18(24)16(4)21-14-20-6/h8,14,16-18,24H,2,7,9-13H2,1,3-6H3,(H,20,21)/b19-15-/t16?,17?,18-/m1/s1. The van der Waals surface area contributed by atoms with Crippen molar-refractivity contribution >= 4 is 6.34 Å². The van der Waals surface area contributed by atoms with Crippen molar-refractivity contribution in [3.05, 3.63) is 24.0 Å². The predicted molar refractivity (Wildman–Crippen MR) is 105 cm³/mol. The van der Waals surface area contributed by atoms with Crippen LogP contribution in [-0.2, 0) is 4.74 Å². The number of nitrogens with zero attached hydrogens (tertiary/aromatic N) is 3. The van der Waals surface area contributed by atoms with Crippen LogP contribution in [0.15, 0.2) is 29.0 Å². The van der Waals surface area contributed by atoms with Crippen LogP contribution in [0.3, 0.4) is 0 Å². The minimum absolute atomic E-state index is 0.0898. The van der Waals surface area contributed by atoms with E-state index in [1.807, 2.05) is 13.1 Å². The summed E-state index contributed by atoms with van der Waals surface area (Å²) in [7, 11) is 1.71. The normalized spacial score (nSPS) is 20.7. The lowest BCUT2D eigenvalue weighted by molar-refractivity contribution is 0.0210. The Labute approximate surface area is 153 Å². The molecule has 3 atom stereocenters. The Balaban J connectivity index is 2.92. The Morgan fingerprint density at radius 2 is 2.04 bits per heavy atom. The third-order valence-corrected chi connectivity index (χ3v) is 4.91. The van der Waals surface area contributed by atoms with Crippen LogP contribution < -0.4 is 5.32 Å². The highest BCUT2D eigenvalue weighted by Gasteiger charge is 2.26. The number of aliphatic hydroxyl groups is 1. The molecule has 0 radical (unpaired) electrons. The monoisotopic (exact) mass is 352 g/mol. The maximum atomic E-state index is 10.6. The second kappa shape index (κ2) is 11.3. The number of morpholine rings is 1. The quantitative estimate of drug-likeness (QED) is 0.464. The first-order valence-corrected chi connectivity index (χ1v) is 9.21. The van der Waals surface area contributed by atoms with Gasteiger partial charge in [0, 0.05) is 31.9 Å². The van der Waals surface area contributed by atoms with Gasteiger partial charge in [0.1, 0.15) is 0 Å². The number of nitrogens with one attached hydrogen (secondary N) is 1. The van der Waals surface area contributed by atoms with Gasteiger partial charge >= 0.3 is 0 Å². The Bertz CT molecular complexity index is 458. The molecule has 0 aromatic heterocycles. The van der Waals surface area contributed by atoms with Gasteiger partial charge in [0.25, 0.3) is 0 Å². The number of aliphatic hydroxyl groups excluding tert-OH is 1. The second-order valence-corrected chi connectivity index (χ2v) is 6.59. The number of rotatable bonds is 10. The SMILES string of the molecule is C=CN(C[C@@H](O)C(C)NC=NC)/C(=C(/C)CC)C(C)N1CCOCC1. The summed E-state index contributed by atoms with van der Waals surface area (Å²) >= 11 is 0. The zero-order valence-electron chi connectivity index (χ0n) is 16.5. The average Bonchev–Trinajstić information content (AvgIpc) is 2.65. The van der Waals surface area contributed by atoms with Gasteiger partial charge in [-0.15, -0.1) is 0 Å². The van der Waals surface area contributed by atoms with Gasteiger partial charge in [0.05, 0.1) is 38.2 Å². The van der Waals surface area contributed by atoms with Gasteiger partial charge in [-0.25, -0.2) is 0 Å². The van der Waals surface area contributed by atoms with Crippen molar-refractivity contribution in [3.63, 3.8) is 0 Å². The highest BCUT2D eigenvalue weighted by atomic mass is 16.5. The van der Waals surface area contributed by atoms with Crippen molar-refractivity contribution in [1.29, 1.82) is 0 Å². The van der Waals surface area contributed by atoms with Gasteiger partial charge in [-0.2, -0.15) is 0 Å². The summed E-state index contributed by atoms with van der Waals surface area (Å²) in [5, 5.41) is 13.7. The number of hydrogen-bond donors (Lipinski definition) is 2. The fraction of sp³-hybridized carbons (Fsp3) is 0.737. The van der Waals surface area contributed by atoms with Crippen LogP contribution in [0.4, 0.5) is 0 Å². The summed E-state index contributed by atoms with van der Waals surface area (Å²) < 4.78 is 5.48. The smallest absolute Gasteiger partial charge is 0.0917 e. The van der Waals surface area contributed by atoms with Gasteiger partial charge in [0.15, 0.2) is 0 Å². The first kappa shape index (κ1) is 21.7. The lowest BCUT2D eigenvalue weighted by Crippen LogP contribution is -2.48. The molecule has 0 saturated carbocycles. The third-order valence-electron chi connectivity index (χ3n) is 4.91. The molecule has 1 fully saturated rings. The second-order valence-electron chi connectivity index (χ2n) is 6.59. The molecule has 6 heteroatoms. The molecule has 25 heavy (non-hydrogen) atoms. The van der Waals surface area contributed by atoms with Gasteiger partial charge in [-0.1, -0.05) is 19.1 Å². The van der Waals surface area contributed by atoms with Crippen molar-refractivity contribution in [2.45, 2.75) is 52.3 Å². The van der Waals surface area contributed by atoms with E-state index in [1.54, 1.807) is 13.4 Å². The summed E-state index contributed by atoms with van der Waals surface area (Å²) in [6.45, 7) is 16.4. The van der Waals surface area contributed by atoms with E-state index in [-0.39, 0.29) is 12.1 Å². The van der Waals surface area contributed by atoms with Crippen LogP contribution in [0.25, 0.3) is 0 Å². The fourth-order valence-corrected chi connectivity index (χ4v) is 3.09. The first-order chi connectivity index (χ1) is 12.0. The fourth-order valence-electron chi connectivity index (χ4n) is 3.09. The molecule has 1 aliphatic rings.